The Morgan fingerprint density at radius 3 is 2.80 bits per heavy atom. The van der Waals surface area contributed by atoms with Gasteiger partial charge in [0.25, 0.3) is 0 Å². The van der Waals surface area contributed by atoms with Crippen LogP contribution in [0.1, 0.15) is 13.3 Å². The van der Waals surface area contributed by atoms with E-state index in [-0.39, 0.29) is 5.17 Å². The fraction of sp³-hybridized carbons (Fsp3) is 0.500. The standard InChI is InChI=1S/C6H10N2S2/c1-2-3-9-4-5-10-6(7)8/h2-3H2,1H3,(H3,7,8). The molecule has 0 spiro atoms. The number of rotatable bonds is 2. The van der Waals surface area contributed by atoms with Crippen molar-refractivity contribution in [1.82, 2.24) is 0 Å². The summed E-state index contributed by atoms with van der Waals surface area (Å²) in [6.45, 7) is 2.10. The zero-order chi connectivity index (χ0) is 7.82. The van der Waals surface area contributed by atoms with Crippen molar-refractivity contribution in [3.05, 3.63) is 0 Å². The average Bonchev–Trinajstić information content (AvgIpc) is 1.87. The molecule has 3 N–H and O–H groups in total. The first-order valence-electron chi connectivity index (χ1n) is 2.90. The second kappa shape index (κ2) is 6.84. The molecule has 0 aromatic rings. The van der Waals surface area contributed by atoms with Crippen LogP contribution in [0.5, 0.6) is 0 Å². The van der Waals surface area contributed by atoms with Crippen LogP contribution in [0.3, 0.4) is 0 Å². The van der Waals surface area contributed by atoms with Crippen molar-refractivity contribution in [1.29, 1.82) is 5.41 Å². The predicted octanol–water partition coefficient (Wildman–Crippen LogP) is 1.67. The summed E-state index contributed by atoms with van der Waals surface area (Å²) in [6, 6.07) is 0. The van der Waals surface area contributed by atoms with Crippen LogP contribution in [-0.4, -0.2) is 10.9 Å². The Bertz CT molecular complexity index is 157. The topological polar surface area (TPSA) is 49.9 Å². The molecule has 0 aliphatic rings. The van der Waals surface area contributed by atoms with Crippen LogP contribution in [0.2, 0.25) is 0 Å². The Kier molecular flexibility index (Phi) is 6.66. The van der Waals surface area contributed by atoms with Gasteiger partial charge in [0.1, 0.15) is 0 Å². The van der Waals surface area contributed by atoms with Gasteiger partial charge in [0.2, 0.25) is 0 Å². The van der Waals surface area contributed by atoms with Crippen LogP contribution >= 0.6 is 23.5 Å². The zero-order valence-corrected chi connectivity index (χ0v) is 7.44. The van der Waals surface area contributed by atoms with Gasteiger partial charge < -0.3 is 5.73 Å². The molecule has 0 fully saturated rings. The predicted molar refractivity (Wildman–Crippen MR) is 50.0 cm³/mol. The Morgan fingerprint density at radius 2 is 2.30 bits per heavy atom. The minimum Gasteiger partial charge on any atom is -0.378 e. The number of amidine groups is 1. The molecule has 0 heterocycles. The number of hydrogen-bond donors (Lipinski definition) is 2. The van der Waals surface area contributed by atoms with Crippen molar-refractivity contribution >= 4 is 28.7 Å². The highest BCUT2D eigenvalue weighted by atomic mass is 32.2. The molecule has 0 aromatic heterocycles. The van der Waals surface area contributed by atoms with E-state index in [0.29, 0.717) is 0 Å². The molecule has 0 aromatic carbocycles. The molecule has 56 valence electrons. The lowest BCUT2D eigenvalue weighted by Gasteiger charge is -1.83. The lowest BCUT2D eigenvalue weighted by atomic mass is 10.6. The van der Waals surface area contributed by atoms with Gasteiger partial charge in [-0.05, 0) is 28.7 Å². The highest BCUT2D eigenvalue weighted by molar-refractivity contribution is 8.18. The molecule has 0 radical (unpaired) electrons. The summed E-state index contributed by atoms with van der Waals surface area (Å²) in [5.74, 6) is 1.05. The summed E-state index contributed by atoms with van der Waals surface area (Å²) in [5.41, 5.74) is 5.04. The smallest absolute Gasteiger partial charge is 0.163 e. The van der Waals surface area contributed by atoms with Gasteiger partial charge in [0.15, 0.2) is 5.17 Å². The Balaban J connectivity index is 3.23. The van der Waals surface area contributed by atoms with E-state index in [1.807, 2.05) is 0 Å². The summed E-state index contributed by atoms with van der Waals surface area (Å²) in [7, 11) is 0. The van der Waals surface area contributed by atoms with Crippen molar-refractivity contribution in [2.45, 2.75) is 13.3 Å². The highest BCUT2D eigenvalue weighted by Gasteiger charge is 1.81. The molecular weight excluding hydrogens is 164 g/mol. The lowest BCUT2D eigenvalue weighted by molar-refractivity contribution is 1.11. The minimum absolute atomic E-state index is 0.0598. The number of thioether (sulfide) groups is 2. The van der Waals surface area contributed by atoms with Gasteiger partial charge in [-0.2, -0.15) is 0 Å². The van der Waals surface area contributed by atoms with E-state index in [2.05, 4.69) is 17.4 Å². The zero-order valence-electron chi connectivity index (χ0n) is 5.81. The average molecular weight is 174 g/mol. The number of nitrogens with two attached hydrogens (primary N) is 1. The van der Waals surface area contributed by atoms with Gasteiger partial charge in [0.05, 0.1) is 0 Å². The van der Waals surface area contributed by atoms with Gasteiger partial charge in [-0.1, -0.05) is 18.7 Å². The van der Waals surface area contributed by atoms with Gasteiger partial charge in [0, 0.05) is 5.75 Å². The number of hydrogen-bond acceptors (Lipinski definition) is 3. The van der Waals surface area contributed by atoms with Crippen molar-refractivity contribution in [3.63, 3.8) is 0 Å². The fourth-order valence-corrected chi connectivity index (χ4v) is 1.08. The van der Waals surface area contributed by atoms with Crippen LogP contribution in [0.25, 0.3) is 0 Å². The van der Waals surface area contributed by atoms with Gasteiger partial charge in [-0.25, -0.2) is 0 Å². The van der Waals surface area contributed by atoms with Crippen LogP contribution in [0.4, 0.5) is 0 Å². The summed E-state index contributed by atoms with van der Waals surface area (Å²) >= 11 is 2.62. The maximum atomic E-state index is 6.80. The molecule has 0 rings (SSSR count). The molecule has 0 amide bonds. The maximum absolute atomic E-state index is 6.80. The molecule has 0 saturated carbocycles. The number of nitrogens with one attached hydrogen (secondary N) is 1. The normalized spacial score (nSPS) is 8.10. The highest BCUT2D eigenvalue weighted by Crippen LogP contribution is 2.01. The van der Waals surface area contributed by atoms with E-state index in [9.17, 15) is 0 Å². The van der Waals surface area contributed by atoms with Crippen LogP contribution in [0, 0.1) is 15.9 Å². The first-order valence-corrected chi connectivity index (χ1v) is 4.70. The summed E-state index contributed by atoms with van der Waals surface area (Å²) < 4.78 is 0. The van der Waals surface area contributed by atoms with Crippen molar-refractivity contribution < 1.29 is 0 Å². The van der Waals surface area contributed by atoms with Crippen LogP contribution in [0.15, 0.2) is 0 Å². The van der Waals surface area contributed by atoms with E-state index in [0.717, 1.165) is 23.9 Å². The third kappa shape index (κ3) is 7.73. The molecule has 0 aliphatic heterocycles. The molecule has 2 nitrogen and oxygen atoms in total. The van der Waals surface area contributed by atoms with E-state index < -0.39 is 0 Å². The van der Waals surface area contributed by atoms with Crippen LogP contribution in [-0.2, 0) is 0 Å². The van der Waals surface area contributed by atoms with Crippen molar-refractivity contribution in [3.8, 4) is 10.5 Å². The summed E-state index contributed by atoms with van der Waals surface area (Å²) in [5, 5.41) is 12.4. The second-order valence-corrected chi connectivity index (χ2v) is 3.27. The second-order valence-electron chi connectivity index (χ2n) is 1.52. The molecule has 0 bridgehead atoms. The molecule has 0 atom stereocenters. The minimum atomic E-state index is 0.0598. The van der Waals surface area contributed by atoms with Crippen LogP contribution < -0.4 is 5.73 Å². The van der Waals surface area contributed by atoms with Crippen molar-refractivity contribution in [2.75, 3.05) is 5.75 Å². The van der Waals surface area contributed by atoms with E-state index in [1.165, 1.54) is 0 Å². The first-order chi connectivity index (χ1) is 4.77. The summed E-state index contributed by atoms with van der Waals surface area (Å²) in [4.78, 5) is 0. The fourth-order valence-electron chi connectivity index (χ4n) is 0.258. The molecule has 0 saturated heterocycles. The molecular formula is C6H10N2S2. The molecule has 0 unspecified atom stereocenters. The van der Waals surface area contributed by atoms with Gasteiger partial charge >= 0.3 is 0 Å². The monoisotopic (exact) mass is 174 g/mol. The van der Waals surface area contributed by atoms with Crippen molar-refractivity contribution in [2.24, 2.45) is 5.73 Å². The Labute approximate surface area is 69.8 Å². The van der Waals surface area contributed by atoms with E-state index >= 15 is 0 Å². The third-order valence-electron chi connectivity index (χ3n) is 0.581. The van der Waals surface area contributed by atoms with E-state index in [1.54, 1.807) is 11.8 Å². The Hall–Kier alpha value is -0.270. The molecule has 10 heavy (non-hydrogen) atoms. The maximum Gasteiger partial charge on any atom is 0.163 e. The molecule has 4 heteroatoms. The molecule has 0 aliphatic carbocycles. The quantitative estimate of drug-likeness (QED) is 0.290. The lowest BCUT2D eigenvalue weighted by Crippen LogP contribution is -2.01. The third-order valence-corrected chi connectivity index (χ3v) is 1.99. The first kappa shape index (κ1) is 9.73. The Morgan fingerprint density at radius 1 is 1.60 bits per heavy atom. The van der Waals surface area contributed by atoms with E-state index in [4.69, 9.17) is 11.1 Å². The van der Waals surface area contributed by atoms with Gasteiger partial charge in [-0.15, -0.1) is 0 Å². The van der Waals surface area contributed by atoms with Gasteiger partial charge in [-0.3, -0.25) is 5.41 Å². The summed E-state index contributed by atoms with van der Waals surface area (Å²) in [6.07, 6.45) is 1.13. The SMILES string of the molecule is CCCSC#CSC(=N)N. The largest absolute Gasteiger partial charge is 0.378 e.